The van der Waals surface area contributed by atoms with Crippen molar-refractivity contribution < 1.29 is 4.79 Å². The van der Waals surface area contributed by atoms with Crippen LogP contribution in [0.2, 0.25) is 0 Å². The summed E-state index contributed by atoms with van der Waals surface area (Å²) >= 11 is 0. The van der Waals surface area contributed by atoms with Crippen molar-refractivity contribution in [1.29, 1.82) is 0 Å². The molecule has 90 valence electrons. The molecule has 17 heavy (non-hydrogen) atoms. The minimum Gasteiger partial charge on any atom is -0.343 e. The highest BCUT2D eigenvalue weighted by Gasteiger charge is 2.12. The minimum absolute atomic E-state index is 0.111. The van der Waals surface area contributed by atoms with E-state index in [-0.39, 0.29) is 11.9 Å². The summed E-state index contributed by atoms with van der Waals surface area (Å²) in [5, 5.41) is 9.20. The molecule has 0 fully saturated rings. The standard InChI is InChI=1S/C11H15N5O/c1-8(2)16-5-3-4-9(16)11(17)12-6-10-13-7-14-15-10/h3-5,7-8H,6H2,1-2H3,(H,12,17)(H,13,14,15). The Balaban J connectivity index is 2.02. The van der Waals surface area contributed by atoms with Gasteiger partial charge in [0.25, 0.3) is 5.91 Å². The van der Waals surface area contributed by atoms with Gasteiger partial charge in [0, 0.05) is 12.2 Å². The van der Waals surface area contributed by atoms with Gasteiger partial charge < -0.3 is 9.88 Å². The average molecular weight is 233 g/mol. The fourth-order valence-corrected chi connectivity index (χ4v) is 1.61. The third-order valence-electron chi connectivity index (χ3n) is 2.45. The highest BCUT2D eigenvalue weighted by Crippen LogP contribution is 2.10. The first kappa shape index (κ1) is 11.4. The third kappa shape index (κ3) is 2.52. The summed E-state index contributed by atoms with van der Waals surface area (Å²) in [7, 11) is 0. The largest absolute Gasteiger partial charge is 0.343 e. The van der Waals surface area contributed by atoms with Crippen molar-refractivity contribution >= 4 is 5.91 Å². The molecule has 0 saturated carbocycles. The molecular formula is C11H15N5O. The third-order valence-corrected chi connectivity index (χ3v) is 2.45. The number of nitrogens with one attached hydrogen (secondary N) is 2. The van der Waals surface area contributed by atoms with Crippen molar-refractivity contribution in [2.24, 2.45) is 0 Å². The van der Waals surface area contributed by atoms with Gasteiger partial charge in [0.1, 0.15) is 17.8 Å². The van der Waals surface area contributed by atoms with E-state index < -0.39 is 0 Å². The van der Waals surface area contributed by atoms with E-state index in [9.17, 15) is 4.79 Å². The van der Waals surface area contributed by atoms with E-state index >= 15 is 0 Å². The molecule has 0 aromatic carbocycles. The van der Waals surface area contributed by atoms with E-state index in [1.165, 1.54) is 6.33 Å². The SMILES string of the molecule is CC(C)n1cccc1C(=O)NCc1ncn[nH]1. The first-order valence-corrected chi connectivity index (χ1v) is 5.47. The number of amides is 1. The van der Waals surface area contributed by atoms with Crippen molar-refractivity contribution in [2.45, 2.75) is 26.4 Å². The molecule has 0 atom stereocenters. The lowest BCUT2D eigenvalue weighted by molar-refractivity contribution is 0.0939. The average Bonchev–Trinajstić information content (AvgIpc) is 2.96. The van der Waals surface area contributed by atoms with Gasteiger partial charge in [0.2, 0.25) is 0 Å². The number of carbonyl (C=O) groups excluding carboxylic acids is 1. The number of carbonyl (C=O) groups is 1. The Hall–Kier alpha value is -2.11. The van der Waals surface area contributed by atoms with Crippen LogP contribution in [0, 0.1) is 0 Å². The molecule has 0 radical (unpaired) electrons. The Kier molecular flexibility index (Phi) is 3.22. The maximum absolute atomic E-state index is 11.9. The second kappa shape index (κ2) is 4.82. The molecule has 2 heterocycles. The van der Waals surface area contributed by atoms with Gasteiger partial charge in [-0.15, -0.1) is 0 Å². The van der Waals surface area contributed by atoms with E-state index in [4.69, 9.17) is 0 Å². The molecule has 2 aromatic rings. The number of aromatic nitrogens is 4. The molecule has 2 N–H and O–H groups in total. The maximum Gasteiger partial charge on any atom is 0.268 e. The lowest BCUT2D eigenvalue weighted by atomic mass is 10.3. The Bertz CT molecular complexity index is 486. The number of aromatic amines is 1. The smallest absolute Gasteiger partial charge is 0.268 e. The van der Waals surface area contributed by atoms with E-state index in [1.54, 1.807) is 6.07 Å². The zero-order valence-electron chi connectivity index (χ0n) is 9.84. The number of H-pyrrole nitrogens is 1. The normalized spacial score (nSPS) is 10.8. The fraction of sp³-hybridized carbons (Fsp3) is 0.364. The van der Waals surface area contributed by atoms with Crippen LogP contribution < -0.4 is 5.32 Å². The van der Waals surface area contributed by atoms with E-state index in [1.807, 2.05) is 30.7 Å². The van der Waals surface area contributed by atoms with Crippen LogP contribution in [0.5, 0.6) is 0 Å². The van der Waals surface area contributed by atoms with Crippen LogP contribution >= 0.6 is 0 Å². The van der Waals surface area contributed by atoms with Crippen LogP contribution in [-0.2, 0) is 6.54 Å². The number of hydrogen-bond acceptors (Lipinski definition) is 3. The molecule has 0 saturated heterocycles. The van der Waals surface area contributed by atoms with Crippen LogP contribution in [0.15, 0.2) is 24.7 Å². The van der Waals surface area contributed by atoms with Gasteiger partial charge in [0.15, 0.2) is 0 Å². The summed E-state index contributed by atoms with van der Waals surface area (Å²) in [4.78, 5) is 15.9. The van der Waals surface area contributed by atoms with Crippen molar-refractivity contribution in [3.05, 3.63) is 36.2 Å². The molecule has 1 amide bonds. The Labute approximate surface area is 99.1 Å². The summed E-state index contributed by atoms with van der Waals surface area (Å²) in [6, 6.07) is 3.93. The molecule has 0 spiro atoms. The van der Waals surface area contributed by atoms with Crippen LogP contribution in [0.3, 0.4) is 0 Å². The zero-order valence-corrected chi connectivity index (χ0v) is 9.84. The van der Waals surface area contributed by atoms with E-state index in [0.29, 0.717) is 18.1 Å². The van der Waals surface area contributed by atoms with Gasteiger partial charge in [-0.05, 0) is 26.0 Å². The molecule has 2 aromatic heterocycles. The van der Waals surface area contributed by atoms with Gasteiger partial charge in [-0.3, -0.25) is 9.89 Å². The second-order valence-corrected chi connectivity index (χ2v) is 4.01. The van der Waals surface area contributed by atoms with Gasteiger partial charge in [-0.2, -0.15) is 5.10 Å². The molecule has 0 unspecified atom stereocenters. The molecule has 0 aliphatic heterocycles. The van der Waals surface area contributed by atoms with Crippen molar-refractivity contribution in [1.82, 2.24) is 25.1 Å². The molecule has 0 aliphatic rings. The van der Waals surface area contributed by atoms with Gasteiger partial charge >= 0.3 is 0 Å². The lowest BCUT2D eigenvalue weighted by Gasteiger charge is -2.12. The Morgan fingerprint density at radius 2 is 2.41 bits per heavy atom. The monoisotopic (exact) mass is 233 g/mol. The minimum atomic E-state index is -0.111. The predicted octanol–water partition coefficient (Wildman–Crippen LogP) is 1.12. The summed E-state index contributed by atoms with van der Waals surface area (Å²) in [5.41, 5.74) is 0.652. The summed E-state index contributed by atoms with van der Waals surface area (Å²) in [6.45, 7) is 4.42. The molecule has 0 aliphatic carbocycles. The van der Waals surface area contributed by atoms with Crippen LogP contribution in [0.25, 0.3) is 0 Å². The second-order valence-electron chi connectivity index (χ2n) is 4.01. The first-order valence-electron chi connectivity index (χ1n) is 5.47. The number of hydrogen-bond donors (Lipinski definition) is 2. The molecule has 6 heteroatoms. The fourth-order valence-electron chi connectivity index (χ4n) is 1.61. The highest BCUT2D eigenvalue weighted by atomic mass is 16.1. The van der Waals surface area contributed by atoms with Crippen LogP contribution in [0.4, 0.5) is 0 Å². The van der Waals surface area contributed by atoms with Gasteiger partial charge in [-0.25, -0.2) is 4.98 Å². The summed E-state index contributed by atoms with van der Waals surface area (Å²) < 4.78 is 1.93. The van der Waals surface area contributed by atoms with Crippen molar-refractivity contribution in [3.63, 3.8) is 0 Å². The summed E-state index contributed by atoms with van der Waals surface area (Å²) in [6.07, 6.45) is 3.31. The van der Waals surface area contributed by atoms with Gasteiger partial charge in [0.05, 0.1) is 6.54 Å². The molecular weight excluding hydrogens is 218 g/mol. The van der Waals surface area contributed by atoms with Crippen molar-refractivity contribution in [2.75, 3.05) is 0 Å². The Morgan fingerprint density at radius 3 is 3.06 bits per heavy atom. The Morgan fingerprint density at radius 1 is 1.59 bits per heavy atom. The van der Waals surface area contributed by atoms with E-state index in [0.717, 1.165) is 0 Å². The molecule has 6 nitrogen and oxygen atoms in total. The number of rotatable bonds is 4. The molecule has 0 bridgehead atoms. The topological polar surface area (TPSA) is 75.6 Å². The van der Waals surface area contributed by atoms with Gasteiger partial charge in [-0.1, -0.05) is 0 Å². The highest BCUT2D eigenvalue weighted by molar-refractivity contribution is 5.92. The summed E-state index contributed by atoms with van der Waals surface area (Å²) in [5.74, 6) is 0.529. The lowest BCUT2D eigenvalue weighted by Crippen LogP contribution is -2.26. The maximum atomic E-state index is 11.9. The van der Waals surface area contributed by atoms with Crippen molar-refractivity contribution in [3.8, 4) is 0 Å². The number of nitrogens with zero attached hydrogens (tertiary/aromatic N) is 3. The van der Waals surface area contributed by atoms with Crippen LogP contribution in [-0.4, -0.2) is 25.7 Å². The predicted molar refractivity (Wildman–Crippen MR) is 62.4 cm³/mol. The quantitative estimate of drug-likeness (QED) is 0.830. The van der Waals surface area contributed by atoms with E-state index in [2.05, 4.69) is 20.5 Å². The zero-order chi connectivity index (χ0) is 12.3. The molecule has 2 rings (SSSR count). The first-order chi connectivity index (χ1) is 8.18. The van der Waals surface area contributed by atoms with Crippen LogP contribution in [0.1, 0.15) is 36.2 Å².